The Kier molecular flexibility index (Phi) is 2.90. The van der Waals surface area contributed by atoms with Crippen LogP contribution in [0.2, 0.25) is 0 Å². The smallest absolute Gasteiger partial charge is 0.291 e. The number of nitrogens with two attached hydrogens (primary N) is 1. The third-order valence-electron chi connectivity index (χ3n) is 2.70. The highest BCUT2D eigenvalue weighted by molar-refractivity contribution is 5.97. The van der Waals surface area contributed by atoms with Gasteiger partial charge in [0.1, 0.15) is 0 Å². The summed E-state index contributed by atoms with van der Waals surface area (Å²) in [5.74, 6) is -0.0310. The normalized spacial score (nSPS) is 21.4. The van der Waals surface area contributed by atoms with Crippen molar-refractivity contribution >= 4 is 11.9 Å². The minimum atomic E-state index is -0.518. The molecule has 16 heavy (non-hydrogen) atoms. The molecule has 1 aliphatic rings. The number of aliphatic imine (C=N–C) groups is 1. The van der Waals surface area contributed by atoms with Crippen LogP contribution in [-0.4, -0.2) is 18.0 Å². The monoisotopic (exact) mass is 218 g/mol. The molecule has 0 bridgehead atoms. The Labute approximate surface area is 94.1 Å². The number of rotatable bonds is 3. The van der Waals surface area contributed by atoms with Gasteiger partial charge >= 0.3 is 0 Å². The Morgan fingerprint density at radius 3 is 2.69 bits per heavy atom. The minimum absolute atomic E-state index is 0.0183. The zero-order valence-corrected chi connectivity index (χ0v) is 9.09. The molecule has 0 radical (unpaired) electrons. The van der Waals surface area contributed by atoms with Crippen molar-refractivity contribution in [3.63, 3.8) is 0 Å². The number of hydrogen-bond acceptors (Lipinski definition) is 3. The highest BCUT2D eigenvalue weighted by atomic mass is 16.5. The van der Waals surface area contributed by atoms with E-state index in [0.717, 1.165) is 0 Å². The average molecular weight is 218 g/mol. The van der Waals surface area contributed by atoms with Crippen LogP contribution in [0.4, 0.5) is 0 Å². The van der Waals surface area contributed by atoms with Crippen molar-refractivity contribution in [2.75, 3.05) is 0 Å². The van der Waals surface area contributed by atoms with Crippen LogP contribution in [-0.2, 0) is 9.53 Å². The summed E-state index contributed by atoms with van der Waals surface area (Å²) < 4.78 is 5.14. The molecule has 1 aromatic carbocycles. The molecule has 1 heterocycles. The summed E-state index contributed by atoms with van der Waals surface area (Å²) in [5.41, 5.74) is 6.52. The van der Waals surface area contributed by atoms with Crippen molar-refractivity contribution in [3.8, 4) is 0 Å². The molecule has 0 aromatic heterocycles. The van der Waals surface area contributed by atoms with Gasteiger partial charge in [-0.3, -0.25) is 4.79 Å². The zero-order valence-electron chi connectivity index (χ0n) is 9.09. The first-order chi connectivity index (χ1) is 7.66. The maximum atomic E-state index is 11.4. The van der Waals surface area contributed by atoms with Gasteiger partial charge in [-0.1, -0.05) is 37.3 Å². The van der Waals surface area contributed by atoms with Crippen molar-refractivity contribution in [1.82, 2.24) is 0 Å². The van der Waals surface area contributed by atoms with Crippen LogP contribution in [0.15, 0.2) is 35.3 Å². The van der Waals surface area contributed by atoms with Gasteiger partial charge in [-0.2, -0.15) is 4.99 Å². The Hall–Kier alpha value is -1.84. The van der Waals surface area contributed by atoms with E-state index in [2.05, 4.69) is 11.9 Å². The fourth-order valence-electron chi connectivity index (χ4n) is 1.79. The number of hydrogen-bond donors (Lipinski definition) is 1. The van der Waals surface area contributed by atoms with Gasteiger partial charge in [-0.15, -0.1) is 0 Å². The molecule has 2 N–H and O–H groups in total. The molecule has 0 saturated heterocycles. The van der Waals surface area contributed by atoms with Crippen molar-refractivity contribution in [3.05, 3.63) is 35.9 Å². The van der Waals surface area contributed by atoms with Crippen LogP contribution in [0.1, 0.15) is 24.8 Å². The van der Waals surface area contributed by atoms with Crippen molar-refractivity contribution in [1.29, 1.82) is 0 Å². The lowest BCUT2D eigenvalue weighted by molar-refractivity contribution is -0.123. The van der Waals surface area contributed by atoms with Gasteiger partial charge in [0.2, 0.25) is 0 Å². The SMILES string of the molecule is CC(CC1OC(N)=NC1=O)c1ccccc1. The Balaban J connectivity index is 1.99. The van der Waals surface area contributed by atoms with E-state index in [4.69, 9.17) is 10.5 Å². The molecule has 0 fully saturated rings. The number of carbonyl (C=O) groups is 1. The van der Waals surface area contributed by atoms with Crippen LogP contribution < -0.4 is 5.73 Å². The van der Waals surface area contributed by atoms with Crippen LogP contribution in [0.25, 0.3) is 0 Å². The van der Waals surface area contributed by atoms with Gasteiger partial charge in [0.25, 0.3) is 11.9 Å². The largest absolute Gasteiger partial charge is 0.452 e. The topological polar surface area (TPSA) is 64.7 Å². The number of carbonyl (C=O) groups excluding carboxylic acids is 1. The van der Waals surface area contributed by atoms with Crippen LogP contribution in [0.5, 0.6) is 0 Å². The van der Waals surface area contributed by atoms with Crippen molar-refractivity contribution in [2.24, 2.45) is 10.7 Å². The van der Waals surface area contributed by atoms with E-state index in [1.165, 1.54) is 5.56 Å². The van der Waals surface area contributed by atoms with E-state index in [9.17, 15) is 4.79 Å². The van der Waals surface area contributed by atoms with Gasteiger partial charge in [0.05, 0.1) is 0 Å². The Morgan fingerprint density at radius 2 is 2.12 bits per heavy atom. The Morgan fingerprint density at radius 1 is 1.44 bits per heavy atom. The third kappa shape index (κ3) is 2.21. The van der Waals surface area contributed by atoms with E-state index >= 15 is 0 Å². The van der Waals surface area contributed by atoms with Crippen LogP contribution in [0.3, 0.4) is 0 Å². The lowest BCUT2D eigenvalue weighted by Gasteiger charge is -2.15. The second kappa shape index (κ2) is 4.35. The number of nitrogens with zero attached hydrogens (tertiary/aromatic N) is 1. The summed E-state index contributed by atoms with van der Waals surface area (Å²) in [6, 6.07) is 9.98. The minimum Gasteiger partial charge on any atom is -0.452 e. The number of benzene rings is 1. The predicted molar refractivity (Wildman–Crippen MR) is 61.0 cm³/mol. The van der Waals surface area contributed by atoms with Crippen LogP contribution in [0, 0.1) is 0 Å². The average Bonchev–Trinajstić information content (AvgIpc) is 2.59. The first-order valence-corrected chi connectivity index (χ1v) is 5.26. The summed E-state index contributed by atoms with van der Waals surface area (Å²) in [6.07, 6.45) is 0.0859. The highest BCUT2D eigenvalue weighted by Gasteiger charge is 2.29. The summed E-state index contributed by atoms with van der Waals surface area (Å²) >= 11 is 0. The van der Waals surface area contributed by atoms with E-state index in [1.807, 2.05) is 30.3 Å². The maximum Gasteiger partial charge on any atom is 0.291 e. The van der Waals surface area contributed by atoms with Crippen molar-refractivity contribution in [2.45, 2.75) is 25.4 Å². The molecule has 84 valence electrons. The first-order valence-electron chi connectivity index (χ1n) is 5.26. The van der Waals surface area contributed by atoms with Gasteiger partial charge < -0.3 is 10.5 Å². The van der Waals surface area contributed by atoms with Gasteiger partial charge in [-0.05, 0) is 11.5 Å². The van der Waals surface area contributed by atoms with E-state index in [-0.39, 0.29) is 17.8 Å². The second-order valence-corrected chi connectivity index (χ2v) is 3.94. The second-order valence-electron chi connectivity index (χ2n) is 3.94. The molecule has 1 aromatic rings. The van der Waals surface area contributed by atoms with Gasteiger partial charge in [0, 0.05) is 6.42 Å². The standard InChI is InChI=1S/C12H14N2O2/c1-8(9-5-3-2-4-6-9)7-10-11(15)14-12(13)16-10/h2-6,8,10H,7H2,1H3,(H2,13,14,15). The zero-order chi connectivity index (χ0) is 11.5. The lowest BCUT2D eigenvalue weighted by Crippen LogP contribution is -2.22. The maximum absolute atomic E-state index is 11.4. The summed E-state index contributed by atoms with van der Waals surface area (Å²) in [4.78, 5) is 14.9. The van der Waals surface area contributed by atoms with E-state index < -0.39 is 6.10 Å². The van der Waals surface area contributed by atoms with Gasteiger partial charge in [0.15, 0.2) is 6.10 Å². The molecular weight excluding hydrogens is 204 g/mol. The molecule has 4 nitrogen and oxygen atoms in total. The number of ether oxygens (including phenoxy) is 1. The van der Waals surface area contributed by atoms with E-state index in [1.54, 1.807) is 0 Å². The molecule has 2 atom stereocenters. The highest BCUT2D eigenvalue weighted by Crippen LogP contribution is 2.23. The summed E-state index contributed by atoms with van der Waals surface area (Å²) in [5, 5.41) is 0. The quantitative estimate of drug-likeness (QED) is 0.834. The number of amides is 1. The molecule has 1 amide bonds. The molecule has 0 saturated carbocycles. The molecular formula is C12H14N2O2. The number of amidine groups is 1. The fraction of sp³-hybridized carbons (Fsp3) is 0.333. The fourth-order valence-corrected chi connectivity index (χ4v) is 1.79. The van der Waals surface area contributed by atoms with Gasteiger partial charge in [-0.25, -0.2) is 0 Å². The summed E-state index contributed by atoms with van der Waals surface area (Å²) in [7, 11) is 0. The molecule has 0 spiro atoms. The van der Waals surface area contributed by atoms with E-state index in [0.29, 0.717) is 6.42 Å². The first kappa shape index (κ1) is 10.7. The molecule has 2 rings (SSSR count). The van der Waals surface area contributed by atoms with Crippen LogP contribution >= 0.6 is 0 Å². The van der Waals surface area contributed by atoms with Crippen molar-refractivity contribution < 1.29 is 9.53 Å². The molecule has 4 heteroatoms. The lowest BCUT2D eigenvalue weighted by atomic mass is 9.95. The third-order valence-corrected chi connectivity index (χ3v) is 2.70. The predicted octanol–water partition coefficient (Wildman–Crippen LogP) is 1.42. The Bertz CT molecular complexity index is 414. The molecule has 2 unspecified atom stereocenters. The molecule has 0 aliphatic carbocycles. The molecule has 1 aliphatic heterocycles. The summed E-state index contributed by atoms with van der Waals surface area (Å²) in [6.45, 7) is 2.06.